The second-order valence-electron chi connectivity index (χ2n) is 4.18. The number of aromatic nitrogens is 2. The molecule has 0 bridgehead atoms. The smallest absolute Gasteiger partial charge is 0.139 e. The Hall–Kier alpha value is -1.51. The minimum Gasteiger partial charge on any atom is -0.338 e. The Morgan fingerprint density at radius 1 is 1.06 bits per heavy atom. The van der Waals surface area contributed by atoms with Gasteiger partial charge in [0, 0.05) is 10.6 Å². The van der Waals surface area contributed by atoms with Crippen LogP contribution in [0.5, 0.6) is 0 Å². The lowest BCUT2D eigenvalue weighted by Gasteiger charge is -1.98. The quantitative estimate of drug-likeness (QED) is 0.677. The zero-order valence-electron chi connectivity index (χ0n) is 9.67. The molecule has 3 aromatic rings. The molecule has 1 aromatic heterocycles. The van der Waals surface area contributed by atoms with Gasteiger partial charge in [-0.05, 0) is 36.8 Å². The van der Waals surface area contributed by atoms with Crippen LogP contribution in [0.25, 0.3) is 22.4 Å². The molecule has 4 heteroatoms. The van der Waals surface area contributed by atoms with Gasteiger partial charge in [-0.1, -0.05) is 35.3 Å². The van der Waals surface area contributed by atoms with Gasteiger partial charge in [-0.2, -0.15) is 0 Å². The van der Waals surface area contributed by atoms with Crippen LogP contribution in [0, 0.1) is 6.92 Å². The molecule has 2 aromatic carbocycles. The SMILES string of the molecule is Cc1cc2[nH]c(-c3ccccc3Cl)nc2cc1Cl. The van der Waals surface area contributed by atoms with Crippen molar-refractivity contribution in [2.45, 2.75) is 6.92 Å². The van der Waals surface area contributed by atoms with Gasteiger partial charge in [0.25, 0.3) is 0 Å². The predicted molar refractivity (Wildman–Crippen MR) is 76.3 cm³/mol. The van der Waals surface area contributed by atoms with Crippen LogP contribution in [0.1, 0.15) is 5.56 Å². The van der Waals surface area contributed by atoms with Crippen molar-refractivity contribution in [2.24, 2.45) is 0 Å². The molecule has 0 saturated heterocycles. The van der Waals surface area contributed by atoms with Crippen LogP contribution in [0.15, 0.2) is 36.4 Å². The molecular formula is C14H10Cl2N2. The van der Waals surface area contributed by atoms with Crippen LogP contribution < -0.4 is 0 Å². The Kier molecular flexibility index (Phi) is 2.77. The molecule has 1 N–H and O–H groups in total. The summed E-state index contributed by atoms with van der Waals surface area (Å²) in [5, 5.41) is 1.40. The highest BCUT2D eigenvalue weighted by molar-refractivity contribution is 6.33. The summed E-state index contributed by atoms with van der Waals surface area (Å²) in [4.78, 5) is 7.79. The second kappa shape index (κ2) is 4.30. The van der Waals surface area contributed by atoms with E-state index in [1.165, 1.54) is 0 Å². The fraction of sp³-hybridized carbons (Fsp3) is 0.0714. The van der Waals surface area contributed by atoms with Crippen molar-refractivity contribution in [1.82, 2.24) is 9.97 Å². The van der Waals surface area contributed by atoms with Crippen molar-refractivity contribution in [3.63, 3.8) is 0 Å². The number of nitrogens with one attached hydrogen (secondary N) is 1. The number of benzene rings is 2. The van der Waals surface area contributed by atoms with E-state index in [1.807, 2.05) is 43.3 Å². The maximum atomic E-state index is 6.16. The summed E-state index contributed by atoms with van der Waals surface area (Å²) in [6, 6.07) is 11.5. The molecule has 0 aliphatic rings. The summed E-state index contributed by atoms with van der Waals surface area (Å²) in [7, 11) is 0. The zero-order valence-corrected chi connectivity index (χ0v) is 11.2. The maximum Gasteiger partial charge on any atom is 0.139 e. The van der Waals surface area contributed by atoms with Gasteiger partial charge < -0.3 is 4.98 Å². The third kappa shape index (κ3) is 1.88. The second-order valence-corrected chi connectivity index (χ2v) is 5.00. The Labute approximate surface area is 115 Å². The number of aryl methyl sites for hydroxylation is 1. The lowest BCUT2D eigenvalue weighted by molar-refractivity contribution is 1.34. The van der Waals surface area contributed by atoms with Gasteiger partial charge in [-0.15, -0.1) is 0 Å². The van der Waals surface area contributed by atoms with Gasteiger partial charge in [-0.3, -0.25) is 0 Å². The summed E-state index contributed by atoms with van der Waals surface area (Å²) >= 11 is 12.3. The third-order valence-electron chi connectivity index (χ3n) is 2.89. The minimum absolute atomic E-state index is 0.680. The van der Waals surface area contributed by atoms with Crippen molar-refractivity contribution in [1.29, 1.82) is 0 Å². The summed E-state index contributed by atoms with van der Waals surface area (Å²) < 4.78 is 0. The van der Waals surface area contributed by atoms with Gasteiger partial charge >= 0.3 is 0 Å². The van der Waals surface area contributed by atoms with Crippen LogP contribution in [0.2, 0.25) is 10.0 Å². The third-order valence-corrected chi connectivity index (χ3v) is 3.63. The van der Waals surface area contributed by atoms with Crippen LogP contribution in [0.4, 0.5) is 0 Å². The molecule has 0 aliphatic heterocycles. The van der Waals surface area contributed by atoms with Crippen molar-refractivity contribution >= 4 is 34.2 Å². The average Bonchev–Trinajstić information content (AvgIpc) is 2.73. The highest BCUT2D eigenvalue weighted by Crippen LogP contribution is 2.29. The van der Waals surface area contributed by atoms with E-state index in [4.69, 9.17) is 23.2 Å². The van der Waals surface area contributed by atoms with E-state index in [9.17, 15) is 0 Å². The largest absolute Gasteiger partial charge is 0.338 e. The van der Waals surface area contributed by atoms with E-state index in [-0.39, 0.29) is 0 Å². The Morgan fingerprint density at radius 3 is 2.61 bits per heavy atom. The molecule has 0 unspecified atom stereocenters. The lowest BCUT2D eigenvalue weighted by Crippen LogP contribution is -1.80. The topological polar surface area (TPSA) is 28.7 Å². The van der Waals surface area contributed by atoms with E-state index in [0.717, 1.165) is 33.0 Å². The highest BCUT2D eigenvalue weighted by Gasteiger charge is 2.09. The molecule has 2 nitrogen and oxygen atoms in total. The van der Waals surface area contributed by atoms with Gasteiger partial charge in [0.1, 0.15) is 5.82 Å². The van der Waals surface area contributed by atoms with Crippen molar-refractivity contribution in [2.75, 3.05) is 0 Å². The zero-order chi connectivity index (χ0) is 12.7. The number of nitrogens with zero attached hydrogens (tertiary/aromatic N) is 1. The Balaban J connectivity index is 2.23. The number of fused-ring (bicyclic) bond motifs is 1. The van der Waals surface area contributed by atoms with E-state index in [1.54, 1.807) is 0 Å². The van der Waals surface area contributed by atoms with Gasteiger partial charge in [0.15, 0.2) is 0 Å². The molecule has 0 fully saturated rings. The first kappa shape index (κ1) is 11.6. The molecule has 18 heavy (non-hydrogen) atoms. The first-order valence-electron chi connectivity index (χ1n) is 5.56. The molecule has 0 aliphatic carbocycles. The summed E-state index contributed by atoms with van der Waals surface area (Å²) in [6.45, 7) is 1.97. The van der Waals surface area contributed by atoms with Gasteiger partial charge in [0.05, 0.1) is 16.1 Å². The molecule has 0 amide bonds. The molecule has 0 spiro atoms. The first-order valence-corrected chi connectivity index (χ1v) is 6.31. The molecule has 0 saturated carbocycles. The molecule has 0 atom stereocenters. The standard InChI is InChI=1S/C14H10Cl2N2/c1-8-6-12-13(7-11(8)16)18-14(17-12)9-4-2-3-5-10(9)15/h2-7H,1H3,(H,17,18). The van der Waals surface area contributed by atoms with Crippen LogP contribution >= 0.6 is 23.2 Å². The van der Waals surface area contributed by atoms with Crippen molar-refractivity contribution in [3.8, 4) is 11.4 Å². The van der Waals surface area contributed by atoms with Crippen LogP contribution in [0.3, 0.4) is 0 Å². The van der Waals surface area contributed by atoms with Gasteiger partial charge in [0.2, 0.25) is 0 Å². The maximum absolute atomic E-state index is 6.16. The number of aromatic amines is 1. The van der Waals surface area contributed by atoms with E-state index in [0.29, 0.717) is 5.02 Å². The number of halogens is 2. The average molecular weight is 277 g/mol. The molecule has 90 valence electrons. The summed E-state index contributed by atoms with van der Waals surface area (Å²) in [5.41, 5.74) is 3.73. The van der Waals surface area contributed by atoms with Crippen LogP contribution in [-0.2, 0) is 0 Å². The molecule has 1 heterocycles. The highest BCUT2D eigenvalue weighted by atomic mass is 35.5. The number of imidazole rings is 1. The van der Waals surface area contributed by atoms with E-state index in [2.05, 4.69) is 9.97 Å². The molecule has 3 rings (SSSR count). The fourth-order valence-corrected chi connectivity index (χ4v) is 2.30. The minimum atomic E-state index is 0.680. The van der Waals surface area contributed by atoms with E-state index < -0.39 is 0 Å². The molecule has 0 radical (unpaired) electrons. The van der Waals surface area contributed by atoms with Crippen molar-refractivity contribution < 1.29 is 0 Å². The predicted octanol–water partition coefficient (Wildman–Crippen LogP) is 4.85. The Bertz CT molecular complexity index is 693. The van der Waals surface area contributed by atoms with Crippen molar-refractivity contribution in [3.05, 3.63) is 52.0 Å². The Morgan fingerprint density at radius 2 is 1.83 bits per heavy atom. The number of H-pyrrole nitrogens is 1. The first-order chi connectivity index (χ1) is 8.65. The van der Waals surface area contributed by atoms with Gasteiger partial charge in [-0.25, -0.2) is 4.98 Å². The molecular weight excluding hydrogens is 267 g/mol. The normalized spacial score (nSPS) is 11.1. The lowest BCUT2D eigenvalue weighted by atomic mass is 10.2. The summed E-state index contributed by atoms with van der Waals surface area (Å²) in [5.74, 6) is 0.761. The number of rotatable bonds is 1. The monoisotopic (exact) mass is 276 g/mol. The number of hydrogen-bond donors (Lipinski definition) is 1. The van der Waals surface area contributed by atoms with Crippen LogP contribution in [-0.4, -0.2) is 9.97 Å². The number of hydrogen-bond acceptors (Lipinski definition) is 1. The summed E-state index contributed by atoms with van der Waals surface area (Å²) in [6.07, 6.45) is 0. The van der Waals surface area contributed by atoms with E-state index >= 15 is 0 Å². The fourth-order valence-electron chi connectivity index (χ4n) is 1.92.